The predicted octanol–water partition coefficient (Wildman–Crippen LogP) is 5.66. The summed E-state index contributed by atoms with van der Waals surface area (Å²) in [5, 5.41) is 12.1. The zero-order valence-corrected chi connectivity index (χ0v) is 27.7. The van der Waals surface area contributed by atoms with Gasteiger partial charge in [-0.2, -0.15) is 0 Å². The Bertz CT molecular complexity index is 1780. The van der Waals surface area contributed by atoms with Crippen molar-refractivity contribution in [1.29, 1.82) is 0 Å². The van der Waals surface area contributed by atoms with Gasteiger partial charge in [-0.05, 0) is 48.5 Å². The lowest BCUT2D eigenvalue weighted by molar-refractivity contribution is -0.129. The lowest BCUT2D eigenvalue weighted by Gasteiger charge is -2.31. The lowest BCUT2D eigenvalue weighted by Crippen LogP contribution is -2.49. The summed E-state index contributed by atoms with van der Waals surface area (Å²) in [5.74, 6) is 0.582. The van der Waals surface area contributed by atoms with Crippen molar-refractivity contribution in [3.63, 3.8) is 0 Å². The van der Waals surface area contributed by atoms with Gasteiger partial charge in [-0.25, -0.2) is 13.4 Å². The fraction of sp³-hybridized carbons (Fsp3) is 0.257. The average molecular weight is 708 g/mol. The van der Waals surface area contributed by atoms with Crippen molar-refractivity contribution in [2.45, 2.75) is 35.9 Å². The predicted molar refractivity (Wildman–Crippen MR) is 179 cm³/mol. The number of carbonyl (C=O) groups is 1. The molecule has 4 aromatic carbocycles. The third kappa shape index (κ3) is 7.43. The van der Waals surface area contributed by atoms with E-state index < -0.39 is 27.4 Å². The number of hydrogen-bond acceptors (Lipinski definition) is 8. The molecule has 2 N–H and O–H groups in total. The Labute approximate surface area is 277 Å². The number of amides is 1. The van der Waals surface area contributed by atoms with Crippen molar-refractivity contribution in [3.05, 3.63) is 124 Å². The lowest BCUT2D eigenvalue weighted by atomic mass is 9.85. The highest BCUT2D eigenvalue weighted by Gasteiger charge is 2.54. The summed E-state index contributed by atoms with van der Waals surface area (Å²) in [6, 6.07) is 29.9. The highest BCUT2D eigenvalue weighted by molar-refractivity contribution is 9.10. The molecule has 9 nitrogen and oxygen atoms in total. The number of nitrogens with zero attached hydrogens (tertiary/aromatic N) is 1. The first kappa shape index (κ1) is 33.2. The number of para-hydroxylation sites is 1. The summed E-state index contributed by atoms with van der Waals surface area (Å²) >= 11 is 3.61. The first-order chi connectivity index (χ1) is 22.3. The summed E-state index contributed by atoms with van der Waals surface area (Å²) in [7, 11) is -2.22. The van der Waals surface area contributed by atoms with Crippen molar-refractivity contribution in [2.24, 2.45) is 4.99 Å². The van der Waals surface area contributed by atoms with E-state index in [0.29, 0.717) is 40.1 Å². The number of halogens is 1. The molecule has 0 spiro atoms. The minimum absolute atomic E-state index is 0.0281. The molecule has 0 aliphatic carbocycles. The summed E-state index contributed by atoms with van der Waals surface area (Å²) in [4.78, 5) is 19.6. The molecule has 240 valence electrons. The summed E-state index contributed by atoms with van der Waals surface area (Å²) in [5.41, 5.74) is 0.341. The van der Waals surface area contributed by atoms with Gasteiger partial charge in [-0.3, -0.25) is 4.79 Å². The highest BCUT2D eigenvalue weighted by atomic mass is 79.9. The average Bonchev–Trinajstić information content (AvgIpc) is 3.48. The number of ether oxygens (including phenoxy) is 3. The molecule has 0 saturated heterocycles. The molecule has 0 unspecified atom stereocenters. The number of aliphatic hydroxyl groups is 1. The molecule has 0 fully saturated rings. The van der Waals surface area contributed by atoms with Gasteiger partial charge < -0.3 is 24.6 Å². The number of aliphatic imine (C=N–C) groups is 1. The van der Waals surface area contributed by atoms with Gasteiger partial charge in [0.05, 0.1) is 24.4 Å². The van der Waals surface area contributed by atoms with Crippen LogP contribution in [0.15, 0.2) is 117 Å². The molecule has 1 aliphatic heterocycles. The largest absolute Gasteiger partial charge is 0.496 e. The van der Waals surface area contributed by atoms with Crippen LogP contribution in [0.3, 0.4) is 0 Å². The third-order valence-electron chi connectivity index (χ3n) is 7.70. The number of hydrogen-bond donors (Lipinski definition) is 2. The van der Waals surface area contributed by atoms with Crippen LogP contribution >= 0.6 is 15.9 Å². The van der Waals surface area contributed by atoms with Crippen molar-refractivity contribution < 1.29 is 32.5 Å². The molecular formula is C35H35BrN2O7S. The Hall–Kier alpha value is -4.19. The fourth-order valence-electron chi connectivity index (χ4n) is 5.25. The molecule has 46 heavy (non-hydrogen) atoms. The van der Waals surface area contributed by atoms with E-state index in [1.807, 2.05) is 42.5 Å². The third-order valence-corrected chi connectivity index (χ3v) is 10.2. The van der Waals surface area contributed by atoms with Gasteiger partial charge in [0.25, 0.3) is 5.91 Å². The number of nitrogens with one attached hydrogen (secondary N) is 1. The zero-order chi connectivity index (χ0) is 32.6. The molecule has 0 radical (unpaired) electrons. The molecule has 0 bridgehead atoms. The summed E-state index contributed by atoms with van der Waals surface area (Å²) in [6.07, 6.45) is -0.606. The van der Waals surface area contributed by atoms with E-state index in [0.717, 1.165) is 5.56 Å². The van der Waals surface area contributed by atoms with Crippen LogP contribution in [0.2, 0.25) is 0 Å². The molecule has 0 aromatic heterocycles. The molecule has 1 aliphatic rings. The number of sulfone groups is 1. The molecule has 4 aromatic rings. The maximum atomic E-state index is 14.5. The first-order valence-electron chi connectivity index (χ1n) is 14.8. The maximum absolute atomic E-state index is 14.5. The van der Waals surface area contributed by atoms with Crippen molar-refractivity contribution in [2.75, 3.05) is 26.1 Å². The number of carbonyl (C=O) groups excluding carboxylic acids is 1. The second kappa shape index (κ2) is 14.9. The van der Waals surface area contributed by atoms with E-state index in [1.54, 1.807) is 67.8 Å². The summed E-state index contributed by atoms with van der Waals surface area (Å²) in [6.45, 7) is 0.520. The van der Waals surface area contributed by atoms with Crippen LogP contribution in [0.5, 0.6) is 11.5 Å². The van der Waals surface area contributed by atoms with Gasteiger partial charge in [-0.1, -0.05) is 70.5 Å². The monoisotopic (exact) mass is 706 g/mol. The summed E-state index contributed by atoms with van der Waals surface area (Å²) < 4.78 is 45.5. The van der Waals surface area contributed by atoms with Gasteiger partial charge in [0.2, 0.25) is 5.90 Å². The minimum atomic E-state index is -3.78. The van der Waals surface area contributed by atoms with Crippen molar-refractivity contribution in [1.82, 2.24) is 5.32 Å². The van der Waals surface area contributed by atoms with Crippen LogP contribution in [-0.2, 0) is 25.9 Å². The van der Waals surface area contributed by atoms with E-state index in [9.17, 15) is 13.2 Å². The Kier molecular flexibility index (Phi) is 10.8. The number of aliphatic hydroxyl groups excluding tert-OH is 1. The standard InChI is InChI=1S/C35H35BrN2O7S/c1-43-31-15-8-5-10-26(31)24-37-34(40)35(20-23-46(41,42)28-11-3-2-4-12-28)32(29-13-6-7-14-30(29)36)45-33(38-35)25-16-18-27(19-17-25)44-22-9-21-39/h2-8,10-19,32,39H,9,20-24H2,1H3,(H,37,40)/t32-,35-/m1/s1. The van der Waals surface area contributed by atoms with E-state index in [2.05, 4.69) is 21.2 Å². The van der Waals surface area contributed by atoms with E-state index >= 15 is 0 Å². The van der Waals surface area contributed by atoms with Crippen LogP contribution in [0.25, 0.3) is 0 Å². The van der Waals surface area contributed by atoms with E-state index in [4.69, 9.17) is 24.3 Å². The SMILES string of the molecule is COc1ccccc1CNC(=O)[C@]1(CCS(=O)(=O)c2ccccc2)N=C(c2ccc(OCCCO)cc2)O[C@@H]1c1ccccc1Br. The topological polar surface area (TPSA) is 124 Å². The maximum Gasteiger partial charge on any atom is 0.252 e. The molecule has 5 rings (SSSR count). The van der Waals surface area contributed by atoms with Crippen LogP contribution in [0.4, 0.5) is 0 Å². The smallest absolute Gasteiger partial charge is 0.252 e. The first-order valence-corrected chi connectivity index (χ1v) is 17.2. The number of benzene rings is 4. The molecule has 2 atom stereocenters. The normalized spacial score (nSPS) is 17.5. The zero-order valence-electron chi connectivity index (χ0n) is 25.3. The second-order valence-corrected chi connectivity index (χ2v) is 13.7. The quantitative estimate of drug-likeness (QED) is 0.162. The van der Waals surface area contributed by atoms with Gasteiger partial charge in [0.1, 0.15) is 11.5 Å². The Morgan fingerprint density at radius 3 is 2.39 bits per heavy atom. The van der Waals surface area contributed by atoms with Gasteiger partial charge >= 0.3 is 0 Å². The van der Waals surface area contributed by atoms with Gasteiger partial charge in [0, 0.05) is 47.2 Å². The molecule has 1 heterocycles. The highest BCUT2D eigenvalue weighted by Crippen LogP contribution is 2.45. The van der Waals surface area contributed by atoms with E-state index in [1.165, 1.54) is 0 Å². The Morgan fingerprint density at radius 2 is 1.67 bits per heavy atom. The molecule has 1 amide bonds. The van der Waals surface area contributed by atoms with Crippen LogP contribution < -0.4 is 14.8 Å². The Balaban J connectivity index is 1.56. The van der Waals surface area contributed by atoms with Crippen LogP contribution in [-0.4, -0.2) is 56.9 Å². The number of methoxy groups -OCH3 is 1. The molecule has 11 heteroatoms. The van der Waals surface area contributed by atoms with Gasteiger partial charge in [0.15, 0.2) is 21.5 Å². The van der Waals surface area contributed by atoms with Crippen LogP contribution in [0.1, 0.15) is 35.6 Å². The van der Waals surface area contributed by atoms with Crippen molar-refractivity contribution >= 4 is 37.6 Å². The van der Waals surface area contributed by atoms with Crippen LogP contribution in [0, 0.1) is 0 Å². The fourth-order valence-corrected chi connectivity index (χ4v) is 7.13. The Morgan fingerprint density at radius 1 is 0.978 bits per heavy atom. The molecular weight excluding hydrogens is 672 g/mol. The second-order valence-electron chi connectivity index (χ2n) is 10.7. The van der Waals surface area contributed by atoms with Gasteiger partial charge in [-0.15, -0.1) is 0 Å². The van der Waals surface area contributed by atoms with Crippen molar-refractivity contribution in [3.8, 4) is 11.5 Å². The number of rotatable bonds is 14. The van der Waals surface area contributed by atoms with E-state index in [-0.39, 0.29) is 36.1 Å². The minimum Gasteiger partial charge on any atom is -0.496 e. The molecule has 0 saturated carbocycles.